The fourth-order valence-electron chi connectivity index (χ4n) is 2.67. The lowest BCUT2D eigenvalue weighted by atomic mass is 10.0. The lowest BCUT2D eigenvalue weighted by Crippen LogP contribution is -2.30. The normalized spacial score (nSPS) is 17.0. The Bertz CT molecular complexity index is 782. The Hall–Kier alpha value is -2.76. The Morgan fingerprint density at radius 3 is 2.56 bits per heavy atom. The summed E-state index contributed by atoms with van der Waals surface area (Å²) in [7, 11) is 0. The minimum absolute atomic E-state index is 0.144. The highest BCUT2D eigenvalue weighted by atomic mass is 19.4. The van der Waals surface area contributed by atoms with Crippen molar-refractivity contribution in [2.75, 3.05) is 6.61 Å². The summed E-state index contributed by atoms with van der Waals surface area (Å²) in [4.78, 5) is 12.1. The van der Waals surface area contributed by atoms with Gasteiger partial charge in [-0.2, -0.15) is 13.2 Å². The average Bonchev–Trinajstić information content (AvgIpc) is 2.60. The Kier molecular flexibility index (Phi) is 4.79. The molecule has 1 N–H and O–H groups in total. The van der Waals surface area contributed by atoms with Gasteiger partial charge in [0, 0.05) is 18.1 Å². The lowest BCUT2D eigenvalue weighted by Gasteiger charge is -2.26. The first-order chi connectivity index (χ1) is 11.9. The monoisotopic (exact) mass is 347 g/mol. The first-order valence-corrected chi connectivity index (χ1v) is 7.81. The van der Waals surface area contributed by atoms with Crippen molar-refractivity contribution in [3.8, 4) is 5.75 Å². The Labute approximate surface area is 143 Å². The number of para-hydroxylation sites is 1. The maximum Gasteiger partial charge on any atom is 0.416 e. The van der Waals surface area contributed by atoms with E-state index in [0.29, 0.717) is 18.6 Å². The van der Waals surface area contributed by atoms with Crippen LogP contribution in [0.5, 0.6) is 5.75 Å². The van der Waals surface area contributed by atoms with Crippen LogP contribution in [-0.4, -0.2) is 12.5 Å². The van der Waals surface area contributed by atoms with Gasteiger partial charge in [0.1, 0.15) is 5.75 Å². The van der Waals surface area contributed by atoms with Crippen LogP contribution in [0.25, 0.3) is 6.08 Å². The molecule has 2 aromatic rings. The summed E-state index contributed by atoms with van der Waals surface area (Å²) in [5.41, 5.74) is 0.730. The van der Waals surface area contributed by atoms with Gasteiger partial charge < -0.3 is 10.1 Å². The summed E-state index contributed by atoms with van der Waals surface area (Å²) >= 11 is 0. The van der Waals surface area contributed by atoms with Gasteiger partial charge in [-0.1, -0.05) is 30.3 Å². The minimum Gasteiger partial charge on any atom is -0.493 e. The van der Waals surface area contributed by atoms with Gasteiger partial charge in [-0.25, -0.2) is 0 Å². The molecule has 2 aromatic carbocycles. The number of hydrogen-bond acceptors (Lipinski definition) is 2. The zero-order valence-electron chi connectivity index (χ0n) is 13.2. The molecule has 0 saturated heterocycles. The quantitative estimate of drug-likeness (QED) is 0.838. The number of hydrogen-bond donors (Lipinski definition) is 1. The van der Waals surface area contributed by atoms with Crippen LogP contribution in [0.3, 0.4) is 0 Å². The first kappa shape index (κ1) is 17.1. The van der Waals surface area contributed by atoms with E-state index >= 15 is 0 Å². The second-order valence-corrected chi connectivity index (χ2v) is 5.69. The molecule has 3 rings (SSSR count). The van der Waals surface area contributed by atoms with E-state index < -0.39 is 11.7 Å². The average molecular weight is 347 g/mol. The van der Waals surface area contributed by atoms with E-state index in [4.69, 9.17) is 4.74 Å². The second-order valence-electron chi connectivity index (χ2n) is 5.69. The van der Waals surface area contributed by atoms with Crippen molar-refractivity contribution in [3.63, 3.8) is 0 Å². The smallest absolute Gasteiger partial charge is 0.416 e. The highest BCUT2D eigenvalue weighted by Crippen LogP contribution is 2.31. The zero-order valence-corrected chi connectivity index (χ0v) is 13.2. The maximum atomic E-state index is 12.5. The van der Waals surface area contributed by atoms with Crippen LogP contribution in [0.2, 0.25) is 0 Å². The molecular weight excluding hydrogens is 331 g/mol. The van der Waals surface area contributed by atoms with Gasteiger partial charge in [-0.15, -0.1) is 0 Å². The van der Waals surface area contributed by atoms with E-state index in [1.807, 2.05) is 24.3 Å². The summed E-state index contributed by atoms with van der Waals surface area (Å²) in [6, 6.07) is 12.0. The molecular formula is C19H16F3NO2. The largest absolute Gasteiger partial charge is 0.493 e. The van der Waals surface area contributed by atoms with Crippen LogP contribution >= 0.6 is 0 Å². The molecule has 1 atom stereocenters. The van der Waals surface area contributed by atoms with Crippen molar-refractivity contribution in [1.29, 1.82) is 0 Å². The molecule has 0 fully saturated rings. The van der Waals surface area contributed by atoms with Crippen LogP contribution in [0, 0.1) is 0 Å². The number of amides is 1. The molecule has 25 heavy (non-hydrogen) atoms. The highest BCUT2D eigenvalue weighted by Gasteiger charge is 2.29. The Balaban J connectivity index is 1.64. The van der Waals surface area contributed by atoms with Crippen molar-refractivity contribution in [1.82, 2.24) is 5.32 Å². The molecule has 1 amide bonds. The molecule has 0 bridgehead atoms. The van der Waals surface area contributed by atoms with E-state index in [1.54, 1.807) is 0 Å². The minimum atomic E-state index is -4.37. The Morgan fingerprint density at radius 2 is 1.84 bits per heavy atom. The van der Waals surface area contributed by atoms with Crippen LogP contribution in [0.15, 0.2) is 54.6 Å². The van der Waals surface area contributed by atoms with Crippen molar-refractivity contribution in [2.24, 2.45) is 0 Å². The van der Waals surface area contributed by atoms with Gasteiger partial charge in [-0.05, 0) is 29.8 Å². The van der Waals surface area contributed by atoms with Gasteiger partial charge in [0.2, 0.25) is 5.91 Å². The molecule has 1 aliphatic rings. The molecule has 130 valence electrons. The number of benzene rings is 2. The van der Waals surface area contributed by atoms with Crippen molar-refractivity contribution in [3.05, 3.63) is 71.3 Å². The number of fused-ring (bicyclic) bond motifs is 1. The molecule has 1 aliphatic heterocycles. The summed E-state index contributed by atoms with van der Waals surface area (Å²) in [6.07, 6.45) is -0.895. The maximum absolute atomic E-state index is 12.5. The fourth-order valence-corrected chi connectivity index (χ4v) is 2.67. The Morgan fingerprint density at radius 1 is 1.12 bits per heavy atom. The molecule has 3 nitrogen and oxygen atoms in total. The second kappa shape index (κ2) is 7.01. The van der Waals surface area contributed by atoms with E-state index in [2.05, 4.69) is 5.32 Å². The summed E-state index contributed by atoms with van der Waals surface area (Å²) < 4.78 is 43.1. The highest BCUT2D eigenvalue weighted by molar-refractivity contribution is 5.92. The van der Waals surface area contributed by atoms with Gasteiger partial charge in [0.05, 0.1) is 18.2 Å². The number of carbonyl (C=O) groups is 1. The van der Waals surface area contributed by atoms with Gasteiger partial charge in [-0.3, -0.25) is 4.79 Å². The standard InChI is InChI=1S/C19H16F3NO2/c20-19(21,22)14-8-5-13(6-9-14)7-10-18(24)23-16-11-12-25-17-4-2-1-3-15(16)17/h1-10,16H,11-12H2,(H,23,24)/b10-7+/t16-/m0/s1. The van der Waals surface area contributed by atoms with Crippen molar-refractivity contribution < 1.29 is 22.7 Å². The predicted molar refractivity (Wildman–Crippen MR) is 87.9 cm³/mol. The van der Waals surface area contributed by atoms with E-state index in [-0.39, 0.29) is 11.9 Å². The number of rotatable bonds is 3. The molecule has 0 unspecified atom stereocenters. The number of carbonyl (C=O) groups excluding carboxylic acids is 1. The third kappa shape index (κ3) is 4.21. The van der Waals surface area contributed by atoms with Crippen molar-refractivity contribution in [2.45, 2.75) is 18.6 Å². The summed E-state index contributed by atoms with van der Waals surface area (Å²) in [5.74, 6) is 0.451. The number of alkyl halides is 3. The van der Waals surface area contributed by atoms with E-state index in [0.717, 1.165) is 23.4 Å². The number of nitrogens with one attached hydrogen (secondary N) is 1. The lowest BCUT2D eigenvalue weighted by molar-refractivity contribution is -0.137. The molecule has 0 aromatic heterocycles. The van der Waals surface area contributed by atoms with E-state index in [1.165, 1.54) is 24.3 Å². The molecule has 6 heteroatoms. The summed E-state index contributed by atoms with van der Waals surface area (Å²) in [6.45, 7) is 0.518. The fraction of sp³-hybridized carbons (Fsp3) is 0.211. The molecule has 1 heterocycles. The molecule has 0 aliphatic carbocycles. The third-order valence-electron chi connectivity index (χ3n) is 3.94. The van der Waals surface area contributed by atoms with Crippen LogP contribution in [-0.2, 0) is 11.0 Å². The van der Waals surface area contributed by atoms with Crippen LogP contribution in [0.1, 0.15) is 29.2 Å². The zero-order chi connectivity index (χ0) is 17.9. The van der Waals surface area contributed by atoms with Gasteiger partial charge >= 0.3 is 6.18 Å². The molecule has 0 radical (unpaired) electrons. The van der Waals surface area contributed by atoms with Crippen LogP contribution < -0.4 is 10.1 Å². The third-order valence-corrected chi connectivity index (χ3v) is 3.94. The summed E-state index contributed by atoms with van der Waals surface area (Å²) in [5, 5.41) is 2.90. The van der Waals surface area contributed by atoms with Gasteiger partial charge in [0.25, 0.3) is 0 Å². The SMILES string of the molecule is O=C(/C=C/c1ccc(C(F)(F)F)cc1)N[C@H]1CCOc2ccccc21. The number of ether oxygens (including phenoxy) is 1. The first-order valence-electron chi connectivity index (χ1n) is 7.81. The number of halogens is 3. The van der Waals surface area contributed by atoms with Gasteiger partial charge in [0.15, 0.2) is 0 Å². The van der Waals surface area contributed by atoms with Crippen molar-refractivity contribution >= 4 is 12.0 Å². The van der Waals surface area contributed by atoms with E-state index in [9.17, 15) is 18.0 Å². The topological polar surface area (TPSA) is 38.3 Å². The molecule has 0 spiro atoms. The molecule has 0 saturated carbocycles. The predicted octanol–water partition coefficient (Wildman–Crippen LogP) is 4.36. The van der Waals surface area contributed by atoms with Crippen LogP contribution in [0.4, 0.5) is 13.2 Å².